The lowest BCUT2D eigenvalue weighted by molar-refractivity contribution is 0.0803. The number of aryl methyl sites for hydroxylation is 1. The third-order valence-electron chi connectivity index (χ3n) is 2.79. The molecule has 1 saturated heterocycles. The van der Waals surface area contributed by atoms with Crippen LogP contribution in [0.3, 0.4) is 0 Å². The van der Waals surface area contributed by atoms with Crippen molar-refractivity contribution in [1.82, 2.24) is 4.98 Å². The van der Waals surface area contributed by atoms with Crippen LogP contribution in [-0.4, -0.2) is 24.7 Å². The van der Waals surface area contributed by atoms with Crippen molar-refractivity contribution in [2.75, 3.05) is 19.8 Å². The molecule has 1 aromatic heterocycles. The molecular weight excluding hydrogens is 208 g/mol. The SMILES string of the molecule is Cc1nc(C2CCCOC2)sc1CCN. The summed E-state index contributed by atoms with van der Waals surface area (Å²) in [5, 5.41) is 1.25. The Bertz CT molecular complexity index is 318. The Morgan fingerprint density at radius 2 is 2.47 bits per heavy atom. The maximum Gasteiger partial charge on any atom is 0.0984 e. The van der Waals surface area contributed by atoms with Crippen LogP contribution in [0.2, 0.25) is 0 Å². The number of nitrogens with two attached hydrogens (primary N) is 1. The van der Waals surface area contributed by atoms with Crippen LogP contribution in [0.4, 0.5) is 0 Å². The van der Waals surface area contributed by atoms with Crippen molar-refractivity contribution in [3.8, 4) is 0 Å². The van der Waals surface area contributed by atoms with Gasteiger partial charge in [-0.3, -0.25) is 0 Å². The summed E-state index contributed by atoms with van der Waals surface area (Å²) in [5.41, 5.74) is 6.73. The van der Waals surface area contributed by atoms with E-state index in [-0.39, 0.29) is 0 Å². The highest BCUT2D eigenvalue weighted by molar-refractivity contribution is 7.11. The Morgan fingerprint density at radius 3 is 3.13 bits per heavy atom. The highest BCUT2D eigenvalue weighted by Crippen LogP contribution is 2.30. The van der Waals surface area contributed by atoms with Crippen LogP contribution in [0.5, 0.6) is 0 Å². The summed E-state index contributed by atoms with van der Waals surface area (Å²) in [5.74, 6) is 0.522. The van der Waals surface area contributed by atoms with E-state index in [2.05, 4.69) is 11.9 Å². The Hall–Kier alpha value is -0.450. The number of hydrogen-bond donors (Lipinski definition) is 1. The van der Waals surface area contributed by atoms with E-state index in [1.165, 1.54) is 16.3 Å². The first-order valence-corrected chi connectivity index (χ1v) is 6.37. The summed E-state index contributed by atoms with van der Waals surface area (Å²) in [6.07, 6.45) is 3.33. The molecule has 0 amide bonds. The molecule has 0 aromatic carbocycles. The highest BCUT2D eigenvalue weighted by Gasteiger charge is 2.20. The van der Waals surface area contributed by atoms with Gasteiger partial charge in [0.05, 0.1) is 17.3 Å². The van der Waals surface area contributed by atoms with Crippen LogP contribution in [-0.2, 0) is 11.2 Å². The fourth-order valence-electron chi connectivity index (χ4n) is 1.92. The lowest BCUT2D eigenvalue weighted by Gasteiger charge is -2.19. The third-order valence-corrected chi connectivity index (χ3v) is 4.17. The molecule has 0 radical (unpaired) electrons. The summed E-state index contributed by atoms with van der Waals surface area (Å²) < 4.78 is 5.49. The predicted molar refractivity (Wildman–Crippen MR) is 62.4 cm³/mol. The van der Waals surface area contributed by atoms with E-state index in [0.717, 1.165) is 31.7 Å². The van der Waals surface area contributed by atoms with Crippen molar-refractivity contribution >= 4 is 11.3 Å². The van der Waals surface area contributed by atoms with Crippen molar-refractivity contribution in [3.63, 3.8) is 0 Å². The molecule has 1 aromatic rings. The Morgan fingerprint density at radius 1 is 1.60 bits per heavy atom. The van der Waals surface area contributed by atoms with Crippen molar-refractivity contribution < 1.29 is 4.74 Å². The Balaban J connectivity index is 2.10. The maximum absolute atomic E-state index is 5.57. The fraction of sp³-hybridized carbons (Fsp3) is 0.727. The number of hydrogen-bond acceptors (Lipinski definition) is 4. The van der Waals surface area contributed by atoms with Crippen LogP contribution < -0.4 is 5.73 Å². The van der Waals surface area contributed by atoms with E-state index in [0.29, 0.717) is 12.5 Å². The van der Waals surface area contributed by atoms with Gasteiger partial charge in [0.2, 0.25) is 0 Å². The van der Waals surface area contributed by atoms with E-state index >= 15 is 0 Å². The van der Waals surface area contributed by atoms with Gasteiger partial charge in [-0.05, 0) is 32.7 Å². The number of nitrogens with zero attached hydrogens (tertiary/aromatic N) is 1. The summed E-state index contributed by atoms with van der Waals surface area (Å²) in [7, 11) is 0. The average Bonchev–Trinajstić information content (AvgIpc) is 2.63. The van der Waals surface area contributed by atoms with Gasteiger partial charge in [0.1, 0.15) is 0 Å². The number of ether oxygens (including phenoxy) is 1. The van der Waals surface area contributed by atoms with Crippen molar-refractivity contribution in [2.45, 2.75) is 32.1 Å². The Labute approximate surface area is 94.7 Å². The first-order valence-electron chi connectivity index (χ1n) is 5.55. The molecule has 1 aliphatic heterocycles. The Kier molecular flexibility index (Phi) is 3.72. The largest absolute Gasteiger partial charge is 0.381 e. The molecule has 2 heterocycles. The number of thiazole rings is 1. The molecule has 1 atom stereocenters. The second-order valence-corrected chi connectivity index (χ2v) is 5.13. The third kappa shape index (κ3) is 2.56. The van der Waals surface area contributed by atoms with Crippen LogP contribution in [0.25, 0.3) is 0 Å². The number of aromatic nitrogens is 1. The van der Waals surface area contributed by atoms with Gasteiger partial charge >= 0.3 is 0 Å². The van der Waals surface area contributed by atoms with Crippen LogP contribution >= 0.6 is 11.3 Å². The van der Waals surface area contributed by atoms with Gasteiger partial charge in [0.15, 0.2) is 0 Å². The van der Waals surface area contributed by atoms with Gasteiger partial charge in [-0.15, -0.1) is 11.3 Å². The van der Waals surface area contributed by atoms with Crippen molar-refractivity contribution in [1.29, 1.82) is 0 Å². The van der Waals surface area contributed by atoms with Gasteiger partial charge in [-0.2, -0.15) is 0 Å². The lowest BCUT2D eigenvalue weighted by atomic mass is 10.0. The summed E-state index contributed by atoms with van der Waals surface area (Å²) in [6, 6.07) is 0. The van der Waals surface area contributed by atoms with E-state index < -0.39 is 0 Å². The standard InChI is InChI=1S/C11H18N2OS/c1-8-10(4-5-12)15-11(13-8)9-3-2-6-14-7-9/h9H,2-7,12H2,1H3. The molecule has 2 rings (SSSR count). The second-order valence-electron chi connectivity index (χ2n) is 4.01. The fourth-order valence-corrected chi connectivity index (χ4v) is 3.12. The molecule has 0 bridgehead atoms. The van der Waals surface area contributed by atoms with Crippen molar-refractivity contribution in [2.24, 2.45) is 5.73 Å². The molecule has 0 saturated carbocycles. The molecular formula is C11H18N2OS. The van der Waals surface area contributed by atoms with Gasteiger partial charge in [0, 0.05) is 17.4 Å². The summed E-state index contributed by atoms with van der Waals surface area (Å²) in [4.78, 5) is 5.98. The first kappa shape index (κ1) is 11.0. The molecule has 4 heteroatoms. The smallest absolute Gasteiger partial charge is 0.0984 e. The summed E-state index contributed by atoms with van der Waals surface area (Å²) >= 11 is 1.82. The number of rotatable bonds is 3. The molecule has 0 spiro atoms. The van der Waals surface area contributed by atoms with E-state index in [1.807, 2.05) is 11.3 Å². The normalized spacial score (nSPS) is 21.9. The topological polar surface area (TPSA) is 48.1 Å². The van der Waals surface area contributed by atoms with E-state index in [1.54, 1.807) is 0 Å². The molecule has 15 heavy (non-hydrogen) atoms. The minimum atomic E-state index is 0.522. The van der Waals surface area contributed by atoms with Crippen LogP contribution in [0, 0.1) is 6.92 Å². The zero-order valence-corrected chi connectivity index (χ0v) is 9.98. The molecule has 2 N–H and O–H groups in total. The minimum Gasteiger partial charge on any atom is -0.381 e. The zero-order valence-electron chi connectivity index (χ0n) is 9.16. The predicted octanol–water partition coefficient (Wildman–Crippen LogP) is 1.85. The minimum absolute atomic E-state index is 0.522. The average molecular weight is 226 g/mol. The molecule has 3 nitrogen and oxygen atoms in total. The van der Waals surface area contributed by atoms with Gasteiger partial charge in [0.25, 0.3) is 0 Å². The monoisotopic (exact) mass is 226 g/mol. The van der Waals surface area contributed by atoms with Crippen LogP contribution in [0.1, 0.15) is 34.3 Å². The quantitative estimate of drug-likeness (QED) is 0.855. The zero-order chi connectivity index (χ0) is 10.7. The summed E-state index contributed by atoms with van der Waals surface area (Å²) in [6.45, 7) is 4.55. The molecule has 1 fully saturated rings. The lowest BCUT2D eigenvalue weighted by Crippen LogP contribution is -2.15. The molecule has 84 valence electrons. The van der Waals surface area contributed by atoms with E-state index in [9.17, 15) is 0 Å². The maximum atomic E-state index is 5.57. The van der Waals surface area contributed by atoms with Crippen molar-refractivity contribution in [3.05, 3.63) is 15.6 Å². The second kappa shape index (κ2) is 5.05. The van der Waals surface area contributed by atoms with Crippen LogP contribution in [0.15, 0.2) is 0 Å². The van der Waals surface area contributed by atoms with Gasteiger partial charge in [-0.25, -0.2) is 4.98 Å². The molecule has 1 unspecified atom stereocenters. The van der Waals surface area contributed by atoms with Gasteiger partial charge < -0.3 is 10.5 Å². The van der Waals surface area contributed by atoms with Gasteiger partial charge in [-0.1, -0.05) is 0 Å². The molecule has 1 aliphatic rings. The van der Waals surface area contributed by atoms with E-state index in [4.69, 9.17) is 10.5 Å². The first-order chi connectivity index (χ1) is 7.31. The molecule has 0 aliphatic carbocycles. The highest BCUT2D eigenvalue weighted by atomic mass is 32.1.